The molecule has 0 aliphatic heterocycles. The van der Waals surface area contributed by atoms with Crippen LogP contribution in [-0.4, -0.2) is 76.3 Å². The van der Waals surface area contributed by atoms with Gasteiger partial charge in [0.2, 0.25) is 0 Å². The van der Waals surface area contributed by atoms with Crippen LogP contribution < -0.4 is 11.1 Å². The molecule has 1 heterocycles. The van der Waals surface area contributed by atoms with Gasteiger partial charge in [0.1, 0.15) is 25.0 Å². The second-order valence-corrected chi connectivity index (χ2v) is 18.7. The number of carboxylic acids is 1. The lowest BCUT2D eigenvalue weighted by Gasteiger charge is -2.30. The Hall–Kier alpha value is -4.43. The van der Waals surface area contributed by atoms with Gasteiger partial charge in [-0.3, -0.25) is 4.79 Å². The monoisotopic (exact) mass is 654 g/mol. The highest BCUT2D eigenvalue weighted by Gasteiger charge is 2.31. The molecule has 2 amide bonds. The minimum Gasteiger partial charge on any atom is -0.481 e. The summed E-state index contributed by atoms with van der Waals surface area (Å²) in [7, 11) is -1.38. The average Bonchev–Trinajstić information content (AvgIpc) is 3.39. The van der Waals surface area contributed by atoms with Crippen molar-refractivity contribution in [2.75, 3.05) is 25.4 Å². The van der Waals surface area contributed by atoms with E-state index in [2.05, 4.69) is 30.1 Å². The van der Waals surface area contributed by atoms with E-state index in [9.17, 15) is 19.5 Å². The van der Waals surface area contributed by atoms with Crippen LogP contribution in [0, 0.1) is 0 Å². The number of aromatic nitrogens is 3. The molecule has 13 nitrogen and oxygen atoms in total. The highest BCUT2D eigenvalue weighted by Crippen LogP contribution is 2.26. The molecule has 0 aliphatic rings. The van der Waals surface area contributed by atoms with E-state index >= 15 is 0 Å². The molecule has 3 aromatic rings. The third-order valence-corrected chi connectivity index (χ3v) is 8.28. The quantitative estimate of drug-likeness (QED) is 0.108. The van der Waals surface area contributed by atoms with Gasteiger partial charge in [0.15, 0.2) is 11.6 Å². The average molecular weight is 655 g/mol. The summed E-state index contributed by atoms with van der Waals surface area (Å²) in [5, 5.41) is 16.9. The number of nitrogens with two attached hydrogens (primary N) is 1. The van der Waals surface area contributed by atoms with Crippen molar-refractivity contribution in [1.29, 1.82) is 0 Å². The van der Waals surface area contributed by atoms with E-state index < -0.39 is 37.9 Å². The number of amides is 2. The molecule has 2 aromatic carbocycles. The maximum Gasteiger partial charge on any atom is 0.410 e. The van der Waals surface area contributed by atoms with Crippen molar-refractivity contribution in [2.45, 2.75) is 77.9 Å². The second-order valence-electron chi connectivity index (χ2n) is 13.1. The molecule has 46 heavy (non-hydrogen) atoms. The Morgan fingerprint density at radius 1 is 1.07 bits per heavy atom. The number of hydrogen-bond acceptors (Lipinski definition) is 9. The van der Waals surface area contributed by atoms with E-state index in [4.69, 9.17) is 24.9 Å². The zero-order valence-corrected chi connectivity index (χ0v) is 28.5. The Kier molecular flexibility index (Phi) is 12.7. The summed E-state index contributed by atoms with van der Waals surface area (Å²) in [6, 6.07) is 16.2. The van der Waals surface area contributed by atoms with Crippen molar-refractivity contribution < 1.29 is 33.7 Å². The number of hydrogen-bond donors (Lipinski definition) is 3. The first-order valence-corrected chi connectivity index (χ1v) is 18.9. The molecule has 14 heteroatoms. The molecule has 0 radical (unpaired) electrons. The van der Waals surface area contributed by atoms with Gasteiger partial charge < -0.3 is 35.3 Å². The molecule has 3 rings (SSSR count). The van der Waals surface area contributed by atoms with Crippen molar-refractivity contribution in [1.82, 2.24) is 25.0 Å². The molecule has 1 aromatic heterocycles. The minimum atomic E-state index is -1.38. The Bertz CT molecular complexity index is 1450. The third-order valence-electron chi connectivity index (χ3n) is 6.58. The van der Waals surface area contributed by atoms with Gasteiger partial charge in [0.25, 0.3) is 0 Å². The van der Waals surface area contributed by atoms with E-state index in [1.165, 1.54) is 9.58 Å². The summed E-state index contributed by atoms with van der Waals surface area (Å²) in [4.78, 5) is 44.0. The highest BCUT2D eigenvalue weighted by atomic mass is 28.3. The van der Waals surface area contributed by atoms with Gasteiger partial charge in [0, 0.05) is 32.5 Å². The fraction of sp³-hybridized carbons (Fsp3) is 0.469. The number of rotatable bonds is 15. The molecule has 0 saturated carbocycles. The lowest BCUT2D eigenvalue weighted by Crippen LogP contribution is -2.44. The number of ether oxygens (including phenoxy) is 3. The highest BCUT2D eigenvalue weighted by molar-refractivity contribution is 6.76. The largest absolute Gasteiger partial charge is 0.481 e. The number of para-hydroxylation sites is 1. The van der Waals surface area contributed by atoms with Gasteiger partial charge in [-0.25, -0.2) is 19.3 Å². The predicted molar refractivity (Wildman–Crippen MR) is 177 cm³/mol. The Labute approximate surface area is 271 Å². The van der Waals surface area contributed by atoms with Gasteiger partial charge in [-0.05, 0) is 44.5 Å². The molecule has 0 aliphatic carbocycles. The lowest BCUT2D eigenvalue weighted by molar-refractivity contribution is -0.137. The van der Waals surface area contributed by atoms with Crippen LogP contribution in [0.3, 0.4) is 0 Å². The topological polar surface area (TPSA) is 171 Å². The van der Waals surface area contributed by atoms with E-state index in [1.54, 1.807) is 39.0 Å². The van der Waals surface area contributed by atoms with Crippen molar-refractivity contribution >= 4 is 31.9 Å². The zero-order chi connectivity index (χ0) is 33.9. The van der Waals surface area contributed by atoms with Crippen LogP contribution in [0.1, 0.15) is 44.6 Å². The zero-order valence-electron chi connectivity index (χ0n) is 27.5. The first-order valence-electron chi connectivity index (χ1n) is 15.2. The molecule has 0 bridgehead atoms. The van der Waals surface area contributed by atoms with E-state index in [0.717, 1.165) is 11.6 Å². The first-order chi connectivity index (χ1) is 21.6. The maximum atomic E-state index is 13.3. The molecule has 0 unspecified atom stereocenters. The SMILES string of the molecule is CC(C)(C)OC(=O)N(CCC(=O)O)C[C@H](NC(=O)OCc1ccccc1)c1nc(-c2ccccc2N)nn1COCC[Si](C)(C)C. The standard InChI is InChI=1S/C32H46N6O7Si/c1-32(2,3)45-31(42)37(17-16-27(39)40)20-26(34-30(41)44-21-23-12-8-7-9-13-23)29-35-28(24-14-10-11-15-25(24)33)36-38(29)22-43-18-19-46(4,5)6/h7-15,26H,16-22,33H2,1-6H3,(H,34,41)(H,39,40)/t26-/m0/s1. The lowest BCUT2D eigenvalue weighted by atomic mass is 10.2. The van der Waals surface area contributed by atoms with Gasteiger partial charge in [0.05, 0.1) is 13.0 Å². The summed E-state index contributed by atoms with van der Waals surface area (Å²) in [6.07, 6.45) is -1.86. The number of aliphatic carboxylic acids is 1. The van der Waals surface area contributed by atoms with Crippen molar-refractivity contribution in [2.24, 2.45) is 0 Å². The van der Waals surface area contributed by atoms with Crippen molar-refractivity contribution in [3.05, 3.63) is 66.0 Å². The van der Waals surface area contributed by atoms with Gasteiger partial charge in [-0.15, -0.1) is 5.10 Å². The number of anilines is 1. The van der Waals surface area contributed by atoms with E-state index in [0.29, 0.717) is 23.7 Å². The van der Waals surface area contributed by atoms with Crippen LogP contribution in [0.15, 0.2) is 54.6 Å². The van der Waals surface area contributed by atoms with Crippen LogP contribution in [0.5, 0.6) is 0 Å². The summed E-state index contributed by atoms with van der Waals surface area (Å²) in [6.45, 7) is 12.0. The summed E-state index contributed by atoms with van der Waals surface area (Å²) >= 11 is 0. The number of nitrogens with zero attached hydrogens (tertiary/aromatic N) is 4. The van der Waals surface area contributed by atoms with Crippen molar-refractivity contribution in [3.63, 3.8) is 0 Å². The molecule has 0 spiro atoms. The fourth-order valence-corrected chi connectivity index (χ4v) is 4.94. The number of benzene rings is 2. The van der Waals surface area contributed by atoms with Crippen LogP contribution in [0.25, 0.3) is 11.4 Å². The smallest absolute Gasteiger partial charge is 0.410 e. The number of alkyl carbamates (subject to hydrolysis) is 1. The van der Waals surface area contributed by atoms with Crippen LogP contribution in [0.4, 0.5) is 15.3 Å². The van der Waals surface area contributed by atoms with Crippen LogP contribution in [-0.2, 0) is 32.3 Å². The Morgan fingerprint density at radius 3 is 2.37 bits per heavy atom. The molecular formula is C32H46N6O7Si. The summed E-state index contributed by atoms with van der Waals surface area (Å²) < 4.78 is 18.6. The van der Waals surface area contributed by atoms with Crippen molar-refractivity contribution in [3.8, 4) is 11.4 Å². The fourth-order valence-electron chi connectivity index (χ4n) is 4.18. The van der Waals surface area contributed by atoms with E-state index in [-0.39, 0.29) is 38.7 Å². The normalized spacial score (nSPS) is 12.3. The number of nitrogens with one attached hydrogen (secondary N) is 1. The third kappa shape index (κ3) is 12.2. The van der Waals surface area contributed by atoms with E-state index in [1.807, 2.05) is 36.4 Å². The van der Waals surface area contributed by atoms with Crippen LogP contribution in [0.2, 0.25) is 25.7 Å². The first kappa shape index (κ1) is 36.0. The summed E-state index contributed by atoms with van der Waals surface area (Å²) in [5.41, 5.74) is 7.21. The number of nitrogen functional groups attached to an aromatic ring is 1. The number of carbonyl (C=O) groups is 3. The molecular weight excluding hydrogens is 608 g/mol. The number of carbonyl (C=O) groups excluding carboxylic acids is 2. The van der Waals surface area contributed by atoms with Gasteiger partial charge >= 0.3 is 18.2 Å². The molecule has 0 saturated heterocycles. The maximum absolute atomic E-state index is 13.3. The van der Waals surface area contributed by atoms with Crippen LogP contribution >= 0.6 is 0 Å². The Morgan fingerprint density at radius 2 is 1.74 bits per heavy atom. The molecule has 1 atom stereocenters. The minimum absolute atomic E-state index is 0.00643. The summed E-state index contributed by atoms with van der Waals surface area (Å²) in [5.74, 6) is -0.548. The molecule has 0 fully saturated rings. The molecule has 4 N–H and O–H groups in total. The predicted octanol–water partition coefficient (Wildman–Crippen LogP) is 5.52. The number of carboxylic acid groups (broad SMARTS) is 1. The Balaban J connectivity index is 2.01. The second kappa shape index (κ2) is 16.2. The molecule has 250 valence electrons. The van der Waals surface area contributed by atoms with Gasteiger partial charge in [-0.1, -0.05) is 62.1 Å². The van der Waals surface area contributed by atoms with Gasteiger partial charge in [-0.2, -0.15) is 0 Å².